The van der Waals surface area contributed by atoms with Crippen LogP contribution in [0.25, 0.3) is 0 Å². The Balaban J connectivity index is 1.67. The lowest BCUT2D eigenvalue weighted by Gasteiger charge is -2.11. The van der Waals surface area contributed by atoms with E-state index in [0.29, 0.717) is 22.4 Å². The summed E-state index contributed by atoms with van der Waals surface area (Å²) in [6.07, 6.45) is 2.10. The SMILES string of the molecule is CC(C)Oc1ccc(SCCCCOc2c(Cl)cc(O)cc2Cl)cc1. The summed E-state index contributed by atoms with van der Waals surface area (Å²) in [6.45, 7) is 4.57. The second kappa shape index (κ2) is 10.0. The molecule has 0 radical (unpaired) electrons. The largest absolute Gasteiger partial charge is 0.508 e. The molecule has 136 valence electrons. The first-order valence-corrected chi connectivity index (χ1v) is 9.90. The molecule has 3 nitrogen and oxygen atoms in total. The molecule has 0 fully saturated rings. The monoisotopic (exact) mass is 400 g/mol. The summed E-state index contributed by atoms with van der Waals surface area (Å²) in [5, 5.41) is 10.0. The van der Waals surface area contributed by atoms with Crippen molar-refractivity contribution in [2.75, 3.05) is 12.4 Å². The average Bonchev–Trinajstić information content (AvgIpc) is 2.53. The van der Waals surface area contributed by atoms with Crippen LogP contribution in [0.15, 0.2) is 41.3 Å². The summed E-state index contributed by atoms with van der Waals surface area (Å²) in [6, 6.07) is 11.0. The van der Waals surface area contributed by atoms with Crippen molar-refractivity contribution in [3.05, 3.63) is 46.4 Å². The van der Waals surface area contributed by atoms with Gasteiger partial charge in [-0.05, 0) is 56.7 Å². The first-order chi connectivity index (χ1) is 12.0. The number of ether oxygens (including phenoxy) is 2. The van der Waals surface area contributed by atoms with Gasteiger partial charge in [-0.1, -0.05) is 23.2 Å². The molecular weight excluding hydrogens is 379 g/mol. The molecule has 0 heterocycles. The van der Waals surface area contributed by atoms with E-state index in [-0.39, 0.29) is 11.9 Å². The third-order valence-corrected chi connectivity index (χ3v) is 4.89. The zero-order valence-electron chi connectivity index (χ0n) is 14.3. The van der Waals surface area contributed by atoms with Gasteiger partial charge in [0.25, 0.3) is 0 Å². The topological polar surface area (TPSA) is 38.7 Å². The van der Waals surface area contributed by atoms with Gasteiger partial charge in [0, 0.05) is 17.0 Å². The van der Waals surface area contributed by atoms with Gasteiger partial charge in [0.1, 0.15) is 11.5 Å². The van der Waals surface area contributed by atoms with E-state index in [2.05, 4.69) is 12.1 Å². The number of phenolic OH excluding ortho intramolecular Hbond substituents is 1. The Labute approximate surface area is 163 Å². The zero-order chi connectivity index (χ0) is 18.2. The molecule has 6 heteroatoms. The molecule has 0 saturated carbocycles. The number of rotatable bonds is 9. The Morgan fingerprint density at radius 1 is 1.04 bits per heavy atom. The van der Waals surface area contributed by atoms with Gasteiger partial charge in [-0.25, -0.2) is 0 Å². The minimum absolute atomic E-state index is 0.0311. The van der Waals surface area contributed by atoms with Crippen molar-refractivity contribution in [3.63, 3.8) is 0 Å². The minimum Gasteiger partial charge on any atom is -0.508 e. The molecule has 0 aliphatic rings. The molecule has 2 rings (SSSR count). The fourth-order valence-corrected chi connectivity index (χ4v) is 3.64. The summed E-state index contributed by atoms with van der Waals surface area (Å²) in [4.78, 5) is 1.22. The summed E-state index contributed by atoms with van der Waals surface area (Å²) in [5.74, 6) is 2.36. The normalized spacial score (nSPS) is 10.9. The lowest BCUT2D eigenvalue weighted by molar-refractivity contribution is 0.242. The first kappa shape index (κ1) is 20.1. The second-order valence-corrected chi connectivity index (χ2v) is 7.76. The highest BCUT2D eigenvalue weighted by Gasteiger charge is 2.09. The van der Waals surface area contributed by atoms with Crippen LogP contribution in [0.3, 0.4) is 0 Å². The summed E-state index contributed by atoms with van der Waals surface area (Å²) < 4.78 is 11.3. The molecular formula is C19H22Cl2O3S. The standard InChI is InChI=1S/C19H22Cl2O3S/c1-13(2)24-15-5-7-16(8-6-15)25-10-4-3-9-23-19-17(20)11-14(22)12-18(19)21/h5-8,11-13,22H,3-4,9-10H2,1-2H3. The maximum Gasteiger partial charge on any atom is 0.156 e. The van der Waals surface area contributed by atoms with Crippen LogP contribution in [0.2, 0.25) is 10.0 Å². The molecule has 1 N–H and O–H groups in total. The van der Waals surface area contributed by atoms with Gasteiger partial charge < -0.3 is 14.6 Å². The predicted octanol–water partition coefficient (Wildman–Crippen LogP) is 6.44. The lowest BCUT2D eigenvalue weighted by atomic mass is 10.3. The molecule has 0 amide bonds. The Bertz CT molecular complexity index is 652. The van der Waals surface area contributed by atoms with Crippen LogP contribution in [0.1, 0.15) is 26.7 Å². The van der Waals surface area contributed by atoms with Gasteiger partial charge in [-0.3, -0.25) is 0 Å². The highest BCUT2D eigenvalue weighted by Crippen LogP contribution is 2.36. The number of thioether (sulfide) groups is 1. The smallest absolute Gasteiger partial charge is 0.156 e. The van der Waals surface area contributed by atoms with Crippen LogP contribution in [0, 0.1) is 0 Å². The van der Waals surface area contributed by atoms with Crippen LogP contribution in [-0.4, -0.2) is 23.6 Å². The molecule has 0 atom stereocenters. The van der Waals surface area contributed by atoms with Crippen LogP contribution >= 0.6 is 35.0 Å². The lowest BCUT2D eigenvalue weighted by Crippen LogP contribution is -2.05. The number of benzene rings is 2. The van der Waals surface area contributed by atoms with Crippen molar-refractivity contribution in [3.8, 4) is 17.2 Å². The highest BCUT2D eigenvalue weighted by molar-refractivity contribution is 7.99. The second-order valence-electron chi connectivity index (χ2n) is 5.78. The third-order valence-electron chi connectivity index (χ3n) is 3.23. The van der Waals surface area contributed by atoms with E-state index >= 15 is 0 Å². The first-order valence-electron chi connectivity index (χ1n) is 8.16. The molecule has 0 aliphatic heterocycles. The summed E-state index contributed by atoms with van der Waals surface area (Å²) >= 11 is 13.8. The van der Waals surface area contributed by atoms with E-state index in [1.165, 1.54) is 17.0 Å². The van der Waals surface area contributed by atoms with Gasteiger partial charge in [0.05, 0.1) is 22.8 Å². The molecule has 25 heavy (non-hydrogen) atoms. The van der Waals surface area contributed by atoms with E-state index in [1.807, 2.05) is 26.0 Å². The van der Waals surface area contributed by atoms with Crippen LogP contribution < -0.4 is 9.47 Å². The van der Waals surface area contributed by atoms with Crippen LogP contribution in [0.5, 0.6) is 17.2 Å². The quantitative estimate of drug-likeness (QED) is 0.388. The van der Waals surface area contributed by atoms with E-state index in [1.54, 1.807) is 11.8 Å². The Morgan fingerprint density at radius 3 is 2.28 bits per heavy atom. The predicted molar refractivity (Wildman–Crippen MR) is 106 cm³/mol. The number of halogens is 2. The molecule has 0 aromatic heterocycles. The van der Waals surface area contributed by atoms with E-state index < -0.39 is 0 Å². The third kappa shape index (κ3) is 6.89. The van der Waals surface area contributed by atoms with Gasteiger partial charge in [0.2, 0.25) is 0 Å². The van der Waals surface area contributed by atoms with Crippen molar-refractivity contribution in [2.24, 2.45) is 0 Å². The maximum absolute atomic E-state index is 9.39. The fourth-order valence-electron chi connectivity index (χ4n) is 2.14. The Hall–Kier alpha value is -1.23. The maximum atomic E-state index is 9.39. The number of aromatic hydroxyl groups is 1. The average molecular weight is 401 g/mol. The molecule has 0 aliphatic carbocycles. The Kier molecular flexibility index (Phi) is 8.07. The van der Waals surface area contributed by atoms with Crippen molar-refractivity contribution in [1.82, 2.24) is 0 Å². The van der Waals surface area contributed by atoms with Crippen LogP contribution in [-0.2, 0) is 0 Å². The number of hydrogen-bond acceptors (Lipinski definition) is 4. The summed E-state index contributed by atoms with van der Waals surface area (Å²) in [5.41, 5.74) is 0. The van der Waals surface area contributed by atoms with Gasteiger partial charge in [0.15, 0.2) is 5.75 Å². The molecule has 2 aromatic carbocycles. The Morgan fingerprint density at radius 2 is 1.68 bits per heavy atom. The van der Waals surface area contributed by atoms with Gasteiger partial charge >= 0.3 is 0 Å². The molecule has 0 spiro atoms. The van der Waals surface area contributed by atoms with E-state index in [4.69, 9.17) is 32.7 Å². The van der Waals surface area contributed by atoms with Crippen molar-refractivity contribution in [1.29, 1.82) is 0 Å². The van der Waals surface area contributed by atoms with E-state index in [0.717, 1.165) is 24.3 Å². The molecule has 0 unspecified atom stereocenters. The summed E-state index contributed by atoms with van der Waals surface area (Å²) in [7, 11) is 0. The number of phenols is 1. The molecule has 2 aromatic rings. The zero-order valence-corrected chi connectivity index (χ0v) is 16.6. The minimum atomic E-state index is 0.0311. The number of hydrogen-bond donors (Lipinski definition) is 1. The van der Waals surface area contributed by atoms with Gasteiger partial charge in [-0.15, -0.1) is 11.8 Å². The van der Waals surface area contributed by atoms with Crippen LogP contribution in [0.4, 0.5) is 0 Å². The van der Waals surface area contributed by atoms with E-state index in [9.17, 15) is 5.11 Å². The van der Waals surface area contributed by atoms with Crippen molar-refractivity contribution < 1.29 is 14.6 Å². The highest BCUT2D eigenvalue weighted by atomic mass is 35.5. The van der Waals surface area contributed by atoms with Crippen molar-refractivity contribution in [2.45, 2.75) is 37.7 Å². The molecule has 0 saturated heterocycles. The fraction of sp³-hybridized carbons (Fsp3) is 0.368. The number of unbranched alkanes of at least 4 members (excludes halogenated alkanes) is 1. The van der Waals surface area contributed by atoms with Crippen molar-refractivity contribution >= 4 is 35.0 Å². The van der Waals surface area contributed by atoms with Gasteiger partial charge in [-0.2, -0.15) is 0 Å². The molecule has 0 bridgehead atoms.